The van der Waals surface area contributed by atoms with Gasteiger partial charge in [-0.2, -0.15) is 0 Å². The summed E-state index contributed by atoms with van der Waals surface area (Å²) in [5.41, 5.74) is 1.52. The first-order chi connectivity index (χ1) is 14.4. The number of hydrogen-bond acceptors (Lipinski definition) is 0. The summed E-state index contributed by atoms with van der Waals surface area (Å²) >= 11 is 0. The van der Waals surface area contributed by atoms with Gasteiger partial charge >= 0.3 is 0 Å². The summed E-state index contributed by atoms with van der Waals surface area (Å²) in [5.74, 6) is 0. The first kappa shape index (κ1) is 26.2. The largest absolute Gasteiger partial charge is 0.205 e. The van der Waals surface area contributed by atoms with Crippen LogP contribution < -0.4 is 4.57 Å². The van der Waals surface area contributed by atoms with Crippen LogP contribution in [0.4, 0.5) is 0 Å². The van der Waals surface area contributed by atoms with Crippen molar-refractivity contribution in [3.63, 3.8) is 0 Å². The molecule has 0 aliphatic rings. The predicted molar refractivity (Wildman–Crippen MR) is 129 cm³/mol. The molecule has 1 rings (SSSR count). The van der Waals surface area contributed by atoms with Crippen LogP contribution in [0.5, 0.6) is 0 Å². The van der Waals surface area contributed by atoms with Gasteiger partial charge in [-0.1, -0.05) is 117 Å². The van der Waals surface area contributed by atoms with Crippen molar-refractivity contribution in [1.29, 1.82) is 0 Å². The van der Waals surface area contributed by atoms with E-state index in [1.807, 2.05) is 0 Å². The van der Waals surface area contributed by atoms with E-state index in [1.54, 1.807) is 0 Å². The highest BCUT2D eigenvalue weighted by atomic mass is 14.9. The van der Waals surface area contributed by atoms with Crippen LogP contribution in [-0.2, 0) is 13.0 Å². The average Bonchev–Trinajstić information content (AvgIpc) is 2.74. The smallest absolute Gasteiger partial charge is 0.171 e. The molecule has 0 aromatic carbocycles. The third-order valence-corrected chi connectivity index (χ3v) is 6.26. The van der Waals surface area contributed by atoms with E-state index in [9.17, 15) is 0 Å². The second-order valence-electron chi connectivity index (χ2n) is 9.21. The molecule has 1 aromatic rings. The molecule has 0 unspecified atom stereocenters. The zero-order valence-electron chi connectivity index (χ0n) is 20.1. The second kappa shape index (κ2) is 20.4. The summed E-state index contributed by atoms with van der Waals surface area (Å²) in [6.07, 6.45) is 33.0. The normalized spacial score (nSPS) is 11.2. The monoisotopic (exact) mass is 402 g/mol. The second-order valence-corrected chi connectivity index (χ2v) is 9.21. The first-order valence-electron chi connectivity index (χ1n) is 13.3. The number of nitrogens with zero attached hydrogens (tertiary/aromatic N) is 1. The van der Waals surface area contributed by atoms with E-state index in [2.05, 4.69) is 42.9 Å². The summed E-state index contributed by atoms with van der Waals surface area (Å²) in [4.78, 5) is 0. The van der Waals surface area contributed by atoms with Crippen molar-refractivity contribution in [3.8, 4) is 0 Å². The van der Waals surface area contributed by atoms with Crippen LogP contribution in [0.3, 0.4) is 0 Å². The molecule has 0 amide bonds. The summed E-state index contributed by atoms with van der Waals surface area (Å²) in [6, 6.07) is 4.54. The molecule has 0 radical (unpaired) electrons. The maximum atomic E-state index is 2.39. The molecule has 1 heterocycles. The zero-order chi connectivity index (χ0) is 20.8. The van der Waals surface area contributed by atoms with Crippen molar-refractivity contribution < 1.29 is 4.57 Å². The van der Waals surface area contributed by atoms with E-state index < -0.39 is 0 Å². The molecule has 0 atom stereocenters. The van der Waals surface area contributed by atoms with Crippen molar-refractivity contribution in [2.75, 3.05) is 0 Å². The highest BCUT2D eigenvalue weighted by Crippen LogP contribution is 2.14. The van der Waals surface area contributed by atoms with Crippen LogP contribution in [0.15, 0.2) is 24.5 Å². The van der Waals surface area contributed by atoms with Gasteiger partial charge in [0.2, 0.25) is 0 Å². The summed E-state index contributed by atoms with van der Waals surface area (Å²) < 4.78 is 2.39. The lowest BCUT2D eigenvalue weighted by Crippen LogP contribution is -2.33. The van der Waals surface area contributed by atoms with Gasteiger partial charge in [-0.3, -0.25) is 0 Å². The third-order valence-electron chi connectivity index (χ3n) is 6.26. The molecule has 1 aromatic heterocycles. The number of unbranched alkanes of at least 4 members (excludes halogenated alkanes) is 17. The first-order valence-corrected chi connectivity index (χ1v) is 13.3. The van der Waals surface area contributed by atoms with Gasteiger partial charge in [0, 0.05) is 18.1 Å². The van der Waals surface area contributed by atoms with Gasteiger partial charge in [0.25, 0.3) is 0 Å². The minimum atomic E-state index is 1.18. The van der Waals surface area contributed by atoms with Crippen molar-refractivity contribution in [3.05, 3.63) is 30.1 Å². The molecule has 0 aliphatic carbocycles. The Balaban J connectivity index is 1.85. The van der Waals surface area contributed by atoms with Crippen molar-refractivity contribution in [2.24, 2.45) is 0 Å². The van der Waals surface area contributed by atoms with E-state index in [1.165, 1.54) is 141 Å². The number of hydrogen-bond donors (Lipinski definition) is 0. The molecule has 1 nitrogen and oxygen atoms in total. The van der Waals surface area contributed by atoms with Crippen LogP contribution in [0, 0.1) is 0 Å². The van der Waals surface area contributed by atoms with Crippen LogP contribution in [0.2, 0.25) is 0 Å². The molecule has 0 aliphatic heterocycles. The highest BCUT2D eigenvalue weighted by Gasteiger charge is 2.02. The maximum Gasteiger partial charge on any atom is 0.171 e. The summed E-state index contributed by atoms with van der Waals surface area (Å²) in [5, 5.41) is 0. The molecule has 168 valence electrons. The number of rotatable bonds is 21. The molecule has 1 heteroatoms. The topological polar surface area (TPSA) is 3.88 Å². The van der Waals surface area contributed by atoms with Crippen molar-refractivity contribution in [2.45, 2.75) is 149 Å². The lowest BCUT2D eigenvalue weighted by atomic mass is 10.0. The van der Waals surface area contributed by atoms with E-state index in [0.29, 0.717) is 0 Å². The minimum Gasteiger partial charge on any atom is -0.205 e. The predicted octanol–water partition coefficient (Wildman–Crippen LogP) is 8.97. The zero-order valence-corrected chi connectivity index (χ0v) is 20.1. The Kier molecular flexibility index (Phi) is 18.4. The Morgan fingerprint density at radius 2 is 1.00 bits per heavy atom. The minimum absolute atomic E-state index is 1.18. The molecular formula is C28H52N+. The maximum absolute atomic E-state index is 2.39. The fraction of sp³-hybridized carbons (Fsp3) is 0.821. The van der Waals surface area contributed by atoms with Crippen LogP contribution in [0.1, 0.15) is 141 Å². The van der Waals surface area contributed by atoms with Gasteiger partial charge in [-0.25, -0.2) is 4.57 Å². The van der Waals surface area contributed by atoms with Crippen LogP contribution in [-0.4, -0.2) is 0 Å². The van der Waals surface area contributed by atoms with Crippen LogP contribution in [0.25, 0.3) is 0 Å². The standard InChI is InChI=1S/C28H52N/c1-3-5-7-8-9-10-11-12-13-14-15-16-17-18-19-20-23-28-24-22-26-29(27-28)25-21-6-4-2/h22,24,26-27H,3-21,23,25H2,1-2H3/q+1. The Morgan fingerprint density at radius 1 is 0.552 bits per heavy atom. The van der Waals surface area contributed by atoms with Gasteiger partial charge in [-0.15, -0.1) is 0 Å². The molecule has 0 bridgehead atoms. The Labute approximate surface area is 183 Å². The van der Waals surface area contributed by atoms with E-state index in [4.69, 9.17) is 0 Å². The number of aromatic nitrogens is 1. The fourth-order valence-corrected chi connectivity index (χ4v) is 4.28. The number of pyridine rings is 1. The number of aryl methyl sites for hydroxylation is 2. The average molecular weight is 403 g/mol. The summed E-state index contributed by atoms with van der Waals surface area (Å²) in [7, 11) is 0. The van der Waals surface area contributed by atoms with Gasteiger partial charge < -0.3 is 0 Å². The molecular weight excluding hydrogens is 350 g/mol. The SMILES string of the molecule is CCCCCCCCCCCCCCCCCCc1ccc[n+](CCCCC)c1. The van der Waals surface area contributed by atoms with E-state index in [0.717, 1.165) is 0 Å². The van der Waals surface area contributed by atoms with E-state index in [-0.39, 0.29) is 0 Å². The third kappa shape index (κ3) is 16.6. The highest BCUT2D eigenvalue weighted by molar-refractivity contribution is 5.05. The Morgan fingerprint density at radius 3 is 1.52 bits per heavy atom. The molecule has 0 saturated carbocycles. The van der Waals surface area contributed by atoms with Gasteiger partial charge in [0.15, 0.2) is 12.4 Å². The van der Waals surface area contributed by atoms with Crippen LogP contribution >= 0.6 is 0 Å². The lowest BCUT2D eigenvalue weighted by molar-refractivity contribution is -0.697. The van der Waals surface area contributed by atoms with Crippen molar-refractivity contribution in [1.82, 2.24) is 0 Å². The van der Waals surface area contributed by atoms with Gasteiger partial charge in [0.05, 0.1) is 0 Å². The van der Waals surface area contributed by atoms with Gasteiger partial charge in [-0.05, 0) is 25.3 Å². The quantitative estimate of drug-likeness (QED) is 0.143. The molecule has 0 saturated heterocycles. The molecule has 0 spiro atoms. The Bertz CT molecular complexity index is 453. The fourth-order valence-electron chi connectivity index (χ4n) is 4.28. The van der Waals surface area contributed by atoms with E-state index >= 15 is 0 Å². The molecule has 0 fully saturated rings. The van der Waals surface area contributed by atoms with Crippen molar-refractivity contribution >= 4 is 0 Å². The molecule has 29 heavy (non-hydrogen) atoms. The Hall–Kier alpha value is -0.850. The van der Waals surface area contributed by atoms with Gasteiger partial charge in [0.1, 0.15) is 6.54 Å². The molecule has 0 N–H and O–H groups in total. The summed E-state index contributed by atoms with van der Waals surface area (Å²) in [6.45, 7) is 5.76. The lowest BCUT2D eigenvalue weighted by Gasteiger charge is -2.04.